The minimum absolute atomic E-state index is 0.485. The largest absolute Gasteiger partial charge is 0.343 e. The Kier molecular flexibility index (Phi) is 2.03. The zero-order valence-electron chi connectivity index (χ0n) is 8.12. The third-order valence-electron chi connectivity index (χ3n) is 2.28. The number of fused-ring (bicyclic) bond motifs is 1. The van der Waals surface area contributed by atoms with Crippen molar-refractivity contribution in [2.75, 3.05) is 0 Å². The first-order valence-electron chi connectivity index (χ1n) is 4.62. The van der Waals surface area contributed by atoms with E-state index in [0.29, 0.717) is 17.1 Å². The summed E-state index contributed by atoms with van der Waals surface area (Å²) in [4.78, 5) is 11.1. The molecule has 0 aromatic carbocycles. The fourth-order valence-corrected chi connectivity index (χ4v) is 1.84. The molecule has 0 unspecified atom stereocenters. The molecule has 7 heteroatoms. The molecule has 0 spiro atoms. The Morgan fingerprint density at radius 1 is 1.50 bits per heavy atom. The standard InChI is InChI=1S/C9H7N5OS/c16-9-12-6-3-10-2-1-7(6)14(9)4-8-11-5-15-13-8/h1-3,5H,4H2,(H,12,16). The summed E-state index contributed by atoms with van der Waals surface area (Å²) in [6, 6.07) is 1.89. The highest BCUT2D eigenvalue weighted by molar-refractivity contribution is 7.71. The van der Waals surface area contributed by atoms with E-state index < -0.39 is 0 Å². The summed E-state index contributed by atoms with van der Waals surface area (Å²) in [6.45, 7) is 0.485. The molecule has 0 saturated heterocycles. The maximum atomic E-state index is 5.22. The summed E-state index contributed by atoms with van der Waals surface area (Å²) in [5, 5.41) is 3.76. The van der Waals surface area contributed by atoms with Crippen LogP contribution in [0.3, 0.4) is 0 Å². The number of H-pyrrole nitrogens is 1. The van der Waals surface area contributed by atoms with Crippen molar-refractivity contribution in [2.24, 2.45) is 0 Å². The molecule has 3 aromatic rings. The average molecular weight is 233 g/mol. The van der Waals surface area contributed by atoms with Gasteiger partial charge in [-0.2, -0.15) is 4.98 Å². The van der Waals surface area contributed by atoms with Gasteiger partial charge in [0.15, 0.2) is 10.6 Å². The zero-order valence-corrected chi connectivity index (χ0v) is 8.94. The van der Waals surface area contributed by atoms with Gasteiger partial charge in [-0.15, -0.1) is 0 Å². The van der Waals surface area contributed by atoms with Crippen LogP contribution in [-0.4, -0.2) is 24.7 Å². The molecule has 1 N–H and O–H groups in total. The van der Waals surface area contributed by atoms with Gasteiger partial charge in [0.2, 0.25) is 6.39 Å². The number of aromatic nitrogens is 5. The first-order valence-corrected chi connectivity index (χ1v) is 5.03. The normalized spacial score (nSPS) is 11.0. The average Bonchev–Trinajstić information content (AvgIpc) is 2.89. The van der Waals surface area contributed by atoms with Crippen LogP contribution in [-0.2, 0) is 6.54 Å². The van der Waals surface area contributed by atoms with Gasteiger partial charge in [0.1, 0.15) is 0 Å². The molecule has 80 valence electrons. The van der Waals surface area contributed by atoms with Crippen molar-refractivity contribution < 1.29 is 4.52 Å². The molecule has 3 aromatic heterocycles. The summed E-state index contributed by atoms with van der Waals surface area (Å²) in [7, 11) is 0. The molecule has 0 radical (unpaired) electrons. The number of hydrogen-bond donors (Lipinski definition) is 1. The van der Waals surface area contributed by atoms with Crippen LogP contribution in [0.15, 0.2) is 29.4 Å². The molecule has 0 aliphatic heterocycles. The monoisotopic (exact) mass is 233 g/mol. The van der Waals surface area contributed by atoms with Crippen molar-refractivity contribution in [2.45, 2.75) is 6.54 Å². The maximum Gasteiger partial charge on any atom is 0.213 e. The second-order valence-electron chi connectivity index (χ2n) is 3.26. The Morgan fingerprint density at radius 3 is 3.25 bits per heavy atom. The Hall–Kier alpha value is -2.02. The van der Waals surface area contributed by atoms with E-state index in [1.54, 1.807) is 12.4 Å². The third-order valence-corrected chi connectivity index (χ3v) is 2.60. The predicted molar refractivity (Wildman–Crippen MR) is 58.3 cm³/mol. The molecule has 0 saturated carbocycles. The molecular weight excluding hydrogens is 226 g/mol. The van der Waals surface area contributed by atoms with Crippen LogP contribution in [0.2, 0.25) is 0 Å². The number of pyridine rings is 1. The topological polar surface area (TPSA) is 72.5 Å². The molecule has 6 nitrogen and oxygen atoms in total. The molecular formula is C9H7N5OS. The fraction of sp³-hybridized carbons (Fsp3) is 0.111. The van der Waals surface area contributed by atoms with Crippen LogP contribution in [0.4, 0.5) is 0 Å². The maximum absolute atomic E-state index is 5.22. The van der Waals surface area contributed by atoms with Gasteiger partial charge in [0.05, 0.1) is 23.8 Å². The molecule has 3 rings (SSSR count). The van der Waals surface area contributed by atoms with Gasteiger partial charge in [-0.3, -0.25) is 4.98 Å². The molecule has 0 aliphatic rings. The van der Waals surface area contributed by atoms with Crippen LogP contribution in [0, 0.1) is 4.77 Å². The summed E-state index contributed by atoms with van der Waals surface area (Å²) in [5.74, 6) is 0.591. The minimum atomic E-state index is 0.485. The van der Waals surface area contributed by atoms with Crippen LogP contribution in [0.5, 0.6) is 0 Å². The SMILES string of the molecule is S=c1[nH]c2cnccc2n1Cc1ncon1. The van der Waals surface area contributed by atoms with Gasteiger partial charge < -0.3 is 14.1 Å². The Labute approximate surface area is 94.9 Å². The lowest BCUT2D eigenvalue weighted by atomic mass is 10.4. The number of imidazole rings is 1. The van der Waals surface area contributed by atoms with Gasteiger partial charge in [-0.1, -0.05) is 5.16 Å². The lowest BCUT2D eigenvalue weighted by Gasteiger charge is -1.99. The van der Waals surface area contributed by atoms with E-state index in [1.165, 1.54) is 6.39 Å². The van der Waals surface area contributed by atoms with Crippen LogP contribution in [0.25, 0.3) is 11.0 Å². The fourth-order valence-electron chi connectivity index (χ4n) is 1.57. The highest BCUT2D eigenvalue weighted by Crippen LogP contribution is 2.12. The molecule has 0 aliphatic carbocycles. The third kappa shape index (κ3) is 1.41. The smallest absolute Gasteiger partial charge is 0.213 e. The highest BCUT2D eigenvalue weighted by atomic mass is 32.1. The van der Waals surface area contributed by atoms with Crippen molar-refractivity contribution >= 4 is 23.3 Å². The quantitative estimate of drug-likeness (QED) is 0.679. The van der Waals surface area contributed by atoms with Crippen molar-refractivity contribution in [1.82, 2.24) is 24.7 Å². The number of nitrogens with zero attached hydrogens (tertiary/aromatic N) is 4. The van der Waals surface area contributed by atoms with E-state index in [0.717, 1.165) is 11.0 Å². The first kappa shape index (κ1) is 9.22. The van der Waals surface area contributed by atoms with E-state index in [2.05, 4.69) is 24.6 Å². The lowest BCUT2D eigenvalue weighted by Crippen LogP contribution is -2.01. The molecule has 0 fully saturated rings. The second kappa shape index (κ2) is 3.53. The number of nitrogens with one attached hydrogen (secondary N) is 1. The zero-order chi connectivity index (χ0) is 11.0. The van der Waals surface area contributed by atoms with Crippen molar-refractivity contribution in [3.63, 3.8) is 0 Å². The van der Waals surface area contributed by atoms with Gasteiger partial charge in [0.25, 0.3) is 0 Å². The summed E-state index contributed by atoms with van der Waals surface area (Å²) in [6.07, 6.45) is 4.75. The van der Waals surface area contributed by atoms with Crippen LogP contribution < -0.4 is 0 Å². The first-order chi connectivity index (χ1) is 7.84. The Morgan fingerprint density at radius 2 is 2.44 bits per heavy atom. The summed E-state index contributed by atoms with van der Waals surface area (Å²) in [5.41, 5.74) is 1.88. The molecule has 0 atom stereocenters. The van der Waals surface area contributed by atoms with E-state index in [-0.39, 0.29) is 0 Å². The number of aromatic amines is 1. The molecule has 16 heavy (non-hydrogen) atoms. The van der Waals surface area contributed by atoms with Crippen molar-refractivity contribution in [3.8, 4) is 0 Å². The van der Waals surface area contributed by atoms with E-state index in [4.69, 9.17) is 12.2 Å². The number of rotatable bonds is 2. The number of hydrogen-bond acceptors (Lipinski definition) is 5. The highest BCUT2D eigenvalue weighted by Gasteiger charge is 2.06. The molecule has 0 amide bonds. The van der Waals surface area contributed by atoms with Gasteiger partial charge >= 0.3 is 0 Å². The predicted octanol–water partition coefficient (Wildman–Crippen LogP) is 1.53. The lowest BCUT2D eigenvalue weighted by molar-refractivity contribution is 0.408. The van der Waals surface area contributed by atoms with Crippen molar-refractivity contribution in [1.29, 1.82) is 0 Å². The van der Waals surface area contributed by atoms with Gasteiger partial charge in [-0.05, 0) is 18.3 Å². The Balaban J connectivity index is 2.16. The van der Waals surface area contributed by atoms with Crippen LogP contribution >= 0.6 is 12.2 Å². The minimum Gasteiger partial charge on any atom is -0.343 e. The second-order valence-corrected chi connectivity index (χ2v) is 3.64. The summed E-state index contributed by atoms with van der Waals surface area (Å²) >= 11 is 5.22. The molecule has 3 heterocycles. The Bertz CT molecular complexity index is 669. The van der Waals surface area contributed by atoms with E-state index >= 15 is 0 Å². The molecule has 0 bridgehead atoms. The van der Waals surface area contributed by atoms with E-state index in [1.807, 2.05) is 10.6 Å². The van der Waals surface area contributed by atoms with Gasteiger partial charge in [0, 0.05) is 6.20 Å². The van der Waals surface area contributed by atoms with E-state index in [9.17, 15) is 0 Å². The van der Waals surface area contributed by atoms with Crippen molar-refractivity contribution in [3.05, 3.63) is 35.4 Å². The summed E-state index contributed by atoms with van der Waals surface area (Å²) < 4.78 is 7.20. The van der Waals surface area contributed by atoms with Gasteiger partial charge in [-0.25, -0.2) is 0 Å². The van der Waals surface area contributed by atoms with Crippen LogP contribution in [0.1, 0.15) is 5.82 Å².